The van der Waals surface area contributed by atoms with Crippen LogP contribution in [-0.4, -0.2) is 87.4 Å². The van der Waals surface area contributed by atoms with Crippen molar-refractivity contribution < 1.29 is 17.9 Å². The normalized spacial score (nSPS) is 25.4. The van der Waals surface area contributed by atoms with E-state index in [0.717, 1.165) is 22.2 Å². The number of hydrogen-bond acceptors (Lipinski definition) is 11. The summed E-state index contributed by atoms with van der Waals surface area (Å²) in [5.74, 6) is 2.56. The van der Waals surface area contributed by atoms with E-state index in [-0.39, 0.29) is 48.3 Å². The second kappa shape index (κ2) is 10.7. The van der Waals surface area contributed by atoms with Crippen LogP contribution in [0.25, 0.3) is 10.8 Å². The summed E-state index contributed by atoms with van der Waals surface area (Å²) >= 11 is 0. The van der Waals surface area contributed by atoms with Gasteiger partial charge >= 0.3 is 0 Å². The molecule has 0 saturated carbocycles. The van der Waals surface area contributed by atoms with Crippen molar-refractivity contribution in [3.05, 3.63) is 30.4 Å². The third kappa shape index (κ3) is 5.53. The van der Waals surface area contributed by atoms with Gasteiger partial charge < -0.3 is 20.2 Å². The number of rotatable bonds is 8. The number of aliphatic hydroxyl groups is 1. The summed E-state index contributed by atoms with van der Waals surface area (Å²) in [6, 6.07) is 1.99. The number of nitrogens with one attached hydrogen (secondary N) is 1. The highest BCUT2D eigenvalue weighted by atomic mass is 32.2. The maximum atomic E-state index is 14.4. The van der Waals surface area contributed by atoms with E-state index in [1.165, 1.54) is 13.3 Å². The van der Waals surface area contributed by atoms with Gasteiger partial charge in [-0.25, -0.2) is 32.7 Å². The Balaban J connectivity index is 1.40. The van der Waals surface area contributed by atoms with Crippen LogP contribution in [0.1, 0.15) is 52.5 Å². The van der Waals surface area contributed by atoms with Gasteiger partial charge in [0.1, 0.15) is 34.0 Å². The van der Waals surface area contributed by atoms with Crippen LogP contribution in [0.4, 0.5) is 27.9 Å². The minimum atomic E-state index is -3.05. The lowest BCUT2D eigenvalue weighted by atomic mass is 9.90. The van der Waals surface area contributed by atoms with Gasteiger partial charge in [0.2, 0.25) is 11.9 Å². The average molecular weight is 573 g/mol. The summed E-state index contributed by atoms with van der Waals surface area (Å²) in [5, 5.41) is 15.2. The first kappa shape index (κ1) is 28.3. The van der Waals surface area contributed by atoms with Crippen LogP contribution < -0.4 is 15.1 Å². The molecule has 3 aromatic rings. The molecule has 4 atom stereocenters. The number of nitrogens with zero attached hydrogens (tertiary/aromatic N) is 7. The molecule has 5 rings (SSSR count). The number of sulfone groups is 1. The molecule has 11 nitrogen and oxygen atoms in total. The minimum Gasteiger partial charge on any atom is -0.387 e. The molecule has 2 N–H and O–H groups in total. The summed E-state index contributed by atoms with van der Waals surface area (Å²) in [7, 11) is -3.05. The van der Waals surface area contributed by atoms with E-state index in [0.29, 0.717) is 24.9 Å². The highest BCUT2D eigenvalue weighted by Crippen LogP contribution is 2.38. The molecule has 0 unspecified atom stereocenters. The number of fused-ring (bicyclic) bond motifs is 1. The van der Waals surface area contributed by atoms with Gasteiger partial charge in [-0.3, -0.25) is 0 Å². The first-order valence-corrected chi connectivity index (χ1v) is 15.5. The summed E-state index contributed by atoms with van der Waals surface area (Å²) in [5.41, 5.74) is -0.295. The Bertz CT molecular complexity index is 1500. The Morgan fingerprint density at radius 1 is 1.18 bits per heavy atom. The SMILES string of the molecule is CCS(=O)(=O)C[C@H]1CN(c2ncc(C(C)C)c3cc(Nc4ncnc(N5CC[C@@](C)(O)[C@@H](F)C5)n4)ncc23)[C@@H]1C. The van der Waals surface area contributed by atoms with E-state index >= 15 is 0 Å². The van der Waals surface area contributed by atoms with Crippen LogP contribution in [0.2, 0.25) is 0 Å². The Morgan fingerprint density at radius 2 is 1.95 bits per heavy atom. The highest BCUT2D eigenvalue weighted by Gasteiger charge is 2.40. The fourth-order valence-corrected chi connectivity index (χ4v) is 6.57. The number of alkyl halides is 1. The number of hydrogen-bond donors (Lipinski definition) is 2. The molecule has 0 amide bonds. The number of halogens is 1. The van der Waals surface area contributed by atoms with Gasteiger partial charge in [-0.15, -0.1) is 0 Å². The third-order valence-corrected chi connectivity index (χ3v) is 10.0. The summed E-state index contributed by atoms with van der Waals surface area (Å²) in [4.78, 5) is 26.1. The van der Waals surface area contributed by atoms with Gasteiger partial charge in [0.05, 0.1) is 17.9 Å². The summed E-state index contributed by atoms with van der Waals surface area (Å²) in [6.45, 7) is 10.5. The van der Waals surface area contributed by atoms with Gasteiger partial charge in [0.25, 0.3) is 0 Å². The lowest BCUT2D eigenvalue weighted by Gasteiger charge is -2.47. The second-order valence-corrected chi connectivity index (χ2v) is 13.8. The Kier molecular flexibility index (Phi) is 7.55. The van der Waals surface area contributed by atoms with E-state index in [9.17, 15) is 17.9 Å². The zero-order valence-corrected chi connectivity index (χ0v) is 24.4. The van der Waals surface area contributed by atoms with E-state index in [4.69, 9.17) is 4.98 Å². The van der Waals surface area contributed by atoms with Crippen molar-refractivity contribution in [3.63, 3.8) is 0 Å². The Hall–Kier alpha value is -3.19. The van der Waals surface area contributed by atoms with Gasteiger partial charge in [-0.1, -0.05) is 20.8 Å². The van der Waals surface area contributed by atoms with Crippen LogP contribution in [0, 0.1) is 5.92 Å². The van der Waals surface area contributed by atoms with E-state index in [1.54, 1.807) is 18.0 Å². The van der Waals surface area contributed by atoms with Crippen molar-refractivity contribution in [2.75, 3.05) is 46.3 Å². The van der Waals surface area contributed by atoms with Crippen molar-refractivity contribution in [1.29, 1.82) is 0 Å². The number of aromatic nitrogens is 5. The quantitative estimate of drug-likeness (QED) is 0.411. The molecule has 0 aromatic carbocycles. The lowest BCUT2D eigenvalue weighted by Crippen LogP contribution is -2.57. The molecular formula is C27H37FN8O3S. The molecule has 13 heteroatoms. The Morgan fingerprint density at radius 3 is 2.62 bits per heavy atom. The van der Waals surface area contributed by atoms with Gasteiger partial charge in [0, 0.05) is 48.6 Å². The van der Waals surface area contributed by atoms with Crippen LogP contribution in [-0.2, 0) is 9.84 Å². The summed E-state index contributed by atoms with van der Waals surface area (Å²) in [6.07, 6.45) is 3.89. The average Bonchev–Trinajstić information content (AvgIpc) is 2.91. The van der Waals surface area contributed by atoms with Crippen molar-refractivity contribution in [3.8, 4) is 0 Å². The molecule has 3 aromatic heterocycles. The van der Waals surface area contributed by atoms with Crippen molar-refractivity contribution >= 4 is 44.1 Å². The summed E-state index contributed by atoms with van der Waals surface area (Å²) < 4.78 is 38.8. The van der Waals surface area contributed by atoms with Crippen LogP contribution >= 0.6 is 0 Å². The van der Waals surface area contributed by atoms with E-state index in [2.05, 4.69) is 44.0 Å². The zero-order valence-electron chi connectivity index (χ0n) is 23.5. The molecule has 2 fully saturated rings. The van der Waals surface area contributed by atoms with Crippen LogP contribution in [0.15, 0.2) is 24.8 Å². The fourth-order valence-electron chi connectivity index (χ4n) is 5.30. The predicted octanol–water partition coefficient (Wildman–Crippen LogP) is 3.24. The van der Waals surface area contributed by atoms with Gasteiger partial charge in [0.15, 0.2) is 0 Å². The molecule has 216 valence electrons. The molecule has 0 bridgehead atoms. The first-order chi connectivity index (χ1) is 18.9. The van der Waals surface area contributed by atoms with Gasteiger partial charge in [-0.2, -0.15) is 4.98 Å². The molecule has 40 heavy (non-hydrogen) atoms. The standard InChI is InChI=1S/C27H37FN8O3S/c1-6-40(38,39)14-18-12-36(17(18)4)24-21-11-29-23(9-19(21)20(10-30-24)16(2)3)33-25-31-15-32-26(34-25)35-8-7-27(5,37)22(28)13-35/h9-11,15-18,22,37H,6-8,12-14H2,1-5H3,(H,29,31,32,33,34)/t17-,18-,22+,27-/m1/s1. The molecule has 0 radical (unpaired) electrons. The smallest absolute Gasteiger partial charge is 0.233 e. The minimum absolute atomic E-state index is 0.00163. The first-order valence-electron chi connectivity index (χ1n) is 13.7. The lowest BCUT2D eigenvalue weighted by molar-refractivity contribution is -0.0332. The molecule has 2 saturated heterocycles. The molecular weight excluding hydrogens is 535 g/mol. The van der Waals surface area contributed by atoms with E-state index < -0.39 is 21.6 Å². The highest BCUT2D eigenvalue weighted by molar-refractivity contribution is 7.91. The van der Waals surface area contributed by atoms with Gasteiger partial charge in [-0.05, 0) is 43.2 Å². The molecule has 0 aliphatic carbocycles. The molecule has 2 aliphatic rings. The predicted molar refractivity (Wildman–Crippen MR) is 154 cm³/mol. The monoisotopic (exact) mass is 572 g/mol. The topological polar surface area (TPSA) is 137 Å². The zero-order chi connectivity index (χ0) is 28.8. The third-order valence-electron chi connectivity index (χ3n) is 8.21. The molecule has 5 heterocycles. The van der Waals surface area contributed by atoms with Crippen LogP contribution in [0.3, 0.4) is 0 Å². The maximum absolute atomic E-state index is 14.4. The van der Waals surface area contributed by atoms with Crippen molar-refractivity contribution in [2.45, 2.75) is 64.8 Å². The second-order valence-electron chi connectivity index (χ2n) is 11.4. The van der Waals surface area contributed by atoms with Crippen molar-refractivity contribution in [1.82, 2.24) is 24.9 Å². The van der Waals surface area contributed by atoms with E-state index in [1.807, 2.05) is 19.2 Å². The molecule has 0 spiro atoms. The van der Waals surface area contributed by atoms with Crippen LogP contribution in [0.5, 0.6) is 0 Å². The Labute approximate surface area is 234 Å². The maximum Gasteiger partial charge on any atom is 0.233 e. The largest absolute Gasteiger partial charge is 0.387 e. The molecule has 2 aliphatic heterocycles. The number of anilines is 4. The number of pyridine rings is 2. The van der Waals surface area contributed by atoms with Crippen molar-refractivity contribution in [2.24, 2.45) is 5.92 Å². The fraction of sp³-hybridized carbons (Fsp3) is 0.593. The number of piperidine rings is 1.